The molecule has 0 fully saturated rings. The second-order valence-corrected chi connectivity index (χ2v) is 22.0. The zero-order valence-electron chi connectivity index (χ0n) is 33.7. The van der Waals surface area contributed by atoms with Crippen molar-refractivity contribution in [2.45, 2.75) is 62.3 Å². The number of benzene rings is 6. The zero-order valence-corrected chi connectivity index (χ0v) is 38.3. The zero-order chi connectivity index (χ0) is 39.5. The summed E-state index contributed by atoms with van der Waals surface area (Å²) in [5.41, 5.74) is 8.62. The molecule has 6 rings (SSSR count). The van der Waals surface area contributed by atoms with Gasteiger partial charge >= 0.3 is 27.9 Å². The predicted octanol–water partition coefficient (Wildman–Crippen LogP) is 10.1. The minimum atomic E-state index is -0.599. The van der Waals surface area contributed by atoms with Crippen molar-refractivity contribution in [3.8, 4) is 0 Å². The Morgan fingerprint density at radius 1 is 0.352 bits per heavy atom. The fourth-order valence-electron chi connectivity index (χ4n) is 7.05. The Kier molecular flexibility index (Phi) is 20.4. The third kappa shape index (κ3) is 13.0. The normalized spacial score (nSPS) is 10.4. The Morgan fingerprint density at radius 3 is 0.593 bits per heavy atom. The molecule has 5 heteroatoms. The van der Waals surface area contributed by atoms with E-state index in [1.165, 1.54) is 56.2 Å². The van der Waals surface area contributed by atoms with Gasteiger partial charge in [0.25, 0.3) is 0 Å². The molecule has 0 spiro atoms. The number of hydrogen-bond donors (Lipinski definition) is 0. The SMILES string of the molecule is CC[PH+](c1ccccc1C)c1ccccc1C.CC[PH+](c1ccccc1C)c1ccccc1C.CC[PH+](c1ccccc1C)c1ccccc1C.O=[C]=[Pd]. The predicted molar refractivity (Wildman–Crippen MR) is 247 cm³/mol. The molecule has 0 N–H and O–H groups in total. The van der Waals surface area contributed by atoms with E-state index in [-0.39, 0.29) is 0 Å². The van der Waals surface area contributed by atoms with Crippen LogP contribution in [0.2, 0.25) is 0 Å². The average Bonchev–Trinajstić information content (AvgIpc) is 3.18. The van der Waals surface area contributed by atoms with E-state index in [4.69, 9.17) is 4.79 Å². The summed E-state index contributed by atoms with van der Waals surface area (Å²) in [4.78, 5) is 8.61. The molecule has 0 bridgehead atoms. The third-order valence-electron chi connectivity index (χ3n) is 9.88. The molecule has 54 heavy (non-hydrogen) atoms. The molecule has 0 saturated heterocycles. The van der Waals surface area contributed by atoms with E-state index in [0.717, 1.165) is 0 Å². The van der Waals surface area contributed by atoms with Crippen LogP contribution in [-0.2, 0) is 23.5 Å². The standard InChI is InChI=1S/3C16H19P.CO.Pd/c3*1-4-17(15-11-7-5-9-13(15)2)16-12-8-6-10-14(16)3;1-2;/h3*5-12H,4H2,1-3H3;;/p+3. The molecule has 0 amide bonds. The van der Waals surface area contributed by atoms with Gasteiger partial charge in [-0.3, -0.25) is 0 Å². The van der Waals surface area contributed by atoms with E-state index in [1.807, 2.05) is 0 Å². The molecule has 0 radical (unpaired) electrons. The second-order valence-electron chi connectivity index (χ2n) is 13.5. The van der Waals surface area contributed by atoms with Crippen molar-refractivity contribution < 1.29 is 23.5 Å². The Hall–Kier alpha value is -3.15. The van der Waals surface area contributed by atoms with Crippen LogP contribution >= 0.6 is 23.8 Å². The Bertz CT molecular complexity index is 1700. The van der Waals surface area contributed by atoms with Crippen LogP contribution in [0.1, 0.15) is 54.2 Å². The van der Waals surface area contributed by atoms with E-state index in [1.54, 1.807) is 31.8 Å². The summed E-state index contributed by atoms with van der Waals surface area (Å²) < 4.78 is 1.35. The van der Waals surface area contributed by atoms with Gasteiger partial charge in [-0.25, -0.2) is 0 Å². The Morgan fingerprint density at radius 2 is 0.481 bits per heavy atom. The van der Waals surface area contributed by atoms with Crippen molar-refractivity contribution in [2.75, 3.05) is 18.5 Å². The van der Waals surface area contributed by atoms with Gasteiger partial charge in [-0.1, -0.05) is 109 Å². The molecule has 0 heterocycles. The quantitative estimate of drug-likeness (QED) is 0.105. The van der Waals surface area contributed by atoms with Gasteiger partial charge in [-0.05, 0) is 132 Å². The second kappa shape index (κ2) is 24.4. The molecule has 6 aromatic carbocycles. The summed E-state index contributed by atoms with van der Waals surface area (Å²) >= 11 is 2.14. The maximum absolute atomic E-state index is 8.61. The maximum atomic E-state index is 8.61. The first kappa shape index (κ1) is 45.2. The first-order valence-electron chi connectivity index (χ1n) is 19.0. The van der Waals surface area contributed by atoms with Crippen LogP contribution < -0.4 is 31.8 Å². The topological polar surface area (TPSA) is 17.1 Å². The summed E-state index contributed by atoms with van der Waals surface area (Å²) in [6, 6.07) is 53.0. The minimum absolute atomic E-state index is 0.599. The molecule has 6 aromatic rings. The van der Waals surface area contributed by atoms with Gasteiger partial charge in [-0.15, -0.1) is 0 Å². The summed E-state index contributed by atoms with van der Waals surface area (Å²) in [6.45, 7) is 20.3. The molecule has 0 unspecified atom stereocenters. The molecule has 0 aliphatic carbocycles. The van der Waals surface area contributed by atoms with Crippen LogP contribution in [-0.4, -0.2) is 22.8 Å². The van der Waals surface area contributed by atoms with Gasteiger partial charge in [0.05, 0.1) is 74.1 Å². The van der Waals surface area contributed by atoms with Crippen LogP contribution in [0.5, 0.6) is 0 Å². The number of hydrogen-bond acceptors (Lipinski definition) is 1. The molecule has 1 nitrogen and oxygen atoms in total. The van der Waals surface area contributed by atoms with Gasteiger partial charge < -0.3 is 0 Å². The Balaban J connectivity index is 0.000000210. The first-order valence-corrected chi connectivity index (χ1v) is 24.9. The van der Waals surface area contributed by atoms with Crippen molar-refractivity contribution in [1.29, 1.82) is 0 Å². The van der Waals surface area contributed by atoms with Gasteiger partial charge in [0.1, 0.15) is 0 Å². The van der Waals surface area contributed by atoms with Crippen LogP contribution in [0.4, 0.5) is 0 Å². The average molecular weight is 864 g/mol. The monoisotopic (exact) mass is 863 g/mol. The van der Waals surface area contributed by atoms with Crippen LogP contribution in [0.15, 0.2) is 146 Å². The summed E-state index contributed by atoms with van der Waals surface area (Å²) in [5, 5.41) is 9.39. The molecule has 0 aliphatic heterocycles. The molecule has 0 atom stereocenters. The third-order valence-corrected chi connectivity index (χ3v) is 19.3. The van der Waals surface area contributed by atoms with Crippen molar-refractivity contribution in [1.82, 2.24) is 0 Å². The summed E-state index contributed by atoms with van der Waals surface area (Å²) in [5.74, 6) is 0. The molecule has 284 valence electrons. The Labute approximate surface area is 341 Å². The molecular formula is C49H60OP3Pd+3. The van der Waals surface area contributed by atoms with E-state index in [9.17, 15) is 0 Å². The number of carbonyl (C=O) groups excluding carboxylic acids is 1. The van der Waals surface area contributed by atoms with Crippen LogP contribution in [0.3, 0.4) is 0 Å². The van der Waals surface area contributed by atoms with E-state index in [0.29, 0.717) is 0 Å². The van der Waals surface area contributed by atoms with E-state index >= 15 is 0 Å². The van der Waals surface area contributed by atoms with Crippen LogP contribution in [0.25, 0.3) is 0 Å². The molecular weight excluding hydrogens is 804 g/mol. The summed E-state index contributed by atoms with van der Waals surface area (Å²) in [6.07, 6.45) is 3.75. The van der Waals surface area contributed by atoms with E-state index in [2.05, 4.69) is 227 Å². The molecule has 0 aromatic heterocycles. The van der Waals surface area contributed by atoms with Crippen molar-refractivity contribution in [2.24, 2.45) is 0 Å². The molecule has 0 saturated carbocycles. The first-order chi connectivity index (χ1) is 26.1. The van der Waals surface area contributed by atoms with Gasteiger partial charge in [0.2, 0.25) is 0 Å². The molecule has 0 aliphatic rings. The number of rotatable bonds is 9. The van der Waals surface area contributed by atoms with Crippen molar-refractivity contribution in [3.63, 3.8) is 0 Å². The van der Waals surface area contributed by atoms with Gasteiger partial charge in [-0.2, -0.15) is 0 Å². The summed E-state index contributed by atoms with van der Waals surface area (Å²) in [7, 11) is -1.80. The fraction of sp³-hybridized carbons (Fsp3) is 0.245. The fourth-order valence-corrected chi connectivity index (χ4v) is 15.3. The van der Waals surface area contributed by atoms with Crippen molar-refractivity contribution in [3.05, 3.63) is 179 Å². The van der Waals surface area contributed by atoms with E-state index < -0.39 is 23.8 Å². The van der Waals surface area contributed by atoms with Gasteiger partial charge in [0, 0.05) is 0 Å². The van der Waals surface area contributed by atoms with Crippen molar-refractivity contribution >= 4 is 59.9 Å². The van der Waals surface area contributed by atoms with Crippen LogP contribution in [0, 0.1) is 41.5 Å². The van der Waals surface area contributed by atoms with Gasteiger partial charge in [0.15, 0.2) is 0 Å². The number of aryl methyl sites for hydroxylation is 6.